The number of thiazole rings is 1. The Kier molecular flexibility index (Phi) is 4.93. The maximum atomic E-state index is 12.4. The van der Waals surface area contributed by atoms with Crippen LogP contribution in [0.4, 0.5) is 0 Å². The van der Waals surface area contributed by atoms with Crippen molar-refractivity contribution in [3.8, 4) is 0 Å². The van der Waals surface area contributed by atoms with Crippen LogP contribution in [0.3, 0.4) is 0 Å². The van der Waals surface area contributed by atoms with Gasteiger partial charge in [0.2, 0.25) is 6.10 Å². The lowest BCUT2D eigenvalue weighted by Crippen LogP contribution is -2.36. The van der Waals surface area contributed by atoms with Crippen molar-refractivity contribution in [3.63, 3.8) is 0 Å². The summed E-state index contributed by atoms with van der Waals surface area (Å²) in [6.07, 6.45) is 2.26. The van der Waals surface area contributed by atoms with Crippen LogP contribution in [0.15, 0.2) is 41.0 Å². The predicted molar refractivity (Wildman–Crippen MR) is 90.7 cm³/mol. The molecule has 2 aromatic rings. The van der Waals surface area contributed by atoms with Crippen LogP contribution in [0.2, 0.25) is 5.02 Å². The van der Waals surface area contributed by atoms with Crippen LogP contribution in [0.5, 0.6) is 0 Å². The Bertz CT molecular complexity index is 718. The topological polar surface area (TPSA) is 54.8 Å². The second-order valence-corrected chi connectivity index (χ2v) is 6.73. The molecule has 0 radical (unpaired) electrons. The van der Waals surface area contributed by atoms with E-state index in [1.165, 1.54) is 11.3 Å². The Morgan fingerprint density at radius 3 is 3.04 bits per heavy atom. The first-order chi connectivity index (χ1) is 11.1. The van der Waals surface area contributed by atoms with Gasteiger partial charge in [0, 0.05) is 36.5 Å². The van der Waals surface area contributed by atoms with Crippen LogP contribution >= 0.6 is 22.9 Å². The van der Waals surface area contributed by atoms with E-state index in [1.807, 2.05) is 29.6 Å². The number of amides is 1. The number of benzene rings is 1. The van der Waals surface area contributed by atoms with Crippen molar-refractivity contribution in [2.45, 2.75) is 25.5 Å². The van der Waals surface area contributed by atoms with E-state index in [4.69, 9.17) is 16.4 Å². The summed E-state index contributed by atoms with van der Waals surface area (Å²) in [7, 11) is 1.75. The van der Waals surface area contributed by atoms with Crippen LogP contribution in [0, 0.1) is 0 Å². The van der Waals surface area contributed by atoms with Gasteiger partial charge in [0.05, 0.1) is 12.3 Å². The van der Waals surface area contributed by atoms with Gasteiger partial charge in [-0.25, -0.2) is 4.98 Å². The zero-order chi connectivity index (χ0) is 16.2. The molecule has 120 valence electrons. The van der Waals surface area contributed by atoms with E-state index < -0.39 is 6.10 Å². The quantitative estimate of drug-likeness (QED) is 0.833. The Labute approximate surface area is 143 Å². The molecule has 23 heavy (non-hydrogen) atoms. The van der Waals surface area contributed by atoms with Crippen molar-refractivity contribution < 1.29 is 9.63 Å². The molecule has 1 amide bonds. The van der Waals surface area contributed by atoms with Crippen LogP contribution in [0.25, 0.3) is 0 Å². The number of hydrogen-bond acceptors (Lipinski definition) is 5. The number of halogens is 1. The first kappa shape index (κ1) is 16.0. The summed E-state index contributed by atoms with van der Waals surface area (Å²) in [5.74, 6) is -0.0851. The number of carbonyl (C=O) groups is 1. The highest BCUT2D eigenvalue weighted by Gasteiger charge is 2.30. The Hall–Kier alpha value is -1.92. The van der Waals surface area contributed by atoms with E-state index in [9.17, 15) is 4.79 Å². The molecule has 1 aromatic heterocycles. The fourth-order valence-corrected chi connectivity index (χ4v) is 3.25. The molecule has 0 bridgehead atoms. The standard InChI is InChI=1S/C16H16ClN3O2S/c1-20(10-15-18-6-7-23-15)16(21)14-9-12(19-22-14)8-11-4-2-3-5-13(11)17/h2-7,14H,8-10H2,1H3/t14-/m1/s1. The normalized spacial score (nSPS) is 16.8. The van der Waals surface area contributed by atoms with Gasteiger partial charge in [-0.05, 0) is 11.6 Å². The van der Waals surface area contributed by atoms with Crippen LogP contribution in [0.1, 0.15) is 17.0 Å². The minimum atomic E-state index is -0.558. The monoisotopic (exact) mass is 349 g/mol. The van der Waals surface area contributed by atoms with Crippen molar-refractivity contribution >= 4 is 34.6 Å². The van der Waals surface area contributed by atoms with Crippen molar-refractivity contribution in [1.29, 1.82) is 0 Å². The van der Waals surface area contributed by atoms with E-state index in [-0.39, 0.29) is 5.91 Å². The molecule has 7 heteroatoms. The third kappa shape index (κ3) is 3.89. The molecular weight excluding hydrogens is 334 g/mol. The third-order valence-electron chi connectivity index (χ3n) is 3.59. The van der Waals surface area contributed by atoms with E-state index in [0.717, 1.165) is 16.3 Å². The fourth-order valence-electron chi connectivity index (χ4n) is 2.38. The highest BCUT2D eigenvalue weighted by atomic mass is 35.5. The molecule has 1 aliphatic rings. The minimum absolute atomic E-state index is 0.0851. The van der Waals surface area contributed by atoms with Gasteiger partial charge in [-0.15, -0.1) is 11.3 Å². The van der Waals surface area contributed by atoms with Gasteiger partial charge in [-0.3, -0.25) is 4.79 Å². The van der Waals surface area contributed by atoms with Gasteiger partial charge in [-0.2, -0.15) is 0 Å². The maximum Gasteiger partial charge on any atom is 0.267 e. The Balaban J connectivity index is 1.56. The average molecular weight is 350 g/mol. The molecule has 0 fully saturated rings. The van der Waals surface area contributed by atoms with Gasteiger partial charge in [0.1, 0.15) is 5.01 Å². The molecule has 1 aromatic carbocycles. The lowest BCUT2D eigenvalue weighted by Gasteiger charge is -2.18. The van der Waals surface area contributed by atoms with Crippen molar-refractivity contribution in [2.24, 2.45) is 5.16 Å². The molecule has 0 N–H and O–H groups in total. The van der Waals surface area contributed by atoms with Crippen LogP contribution < -0.4 is 0 Å². The van der Waals surface area contributed by atoms with E-state index in [0.29, 0.717) is 24.4 Å². The second kappa shape index (κ2) is 7.10. The summed E-state index contributed by atoms with van der Waals surface area (Å²) in [4.78, 5) is 23.5. The van der Waals surface area contributed by atoms with Gasteiger partial charge >= 0.3 is 0 Å². The molecule has 0 unspecified atom stereocenters. The zero-order valence-corrected chi connectivity index (χ0v) is 14.2. The number of aromatic nitrogens is 1. The lowest BCUT2D eigenvalue weighted by molar-refractivity contribution is -0.141. The van der Waals surface area contributed by atoms with Gasteiger partial charge in [0.25, 0.3) is 5.91 Å². The van der Waals surface area contributed by atoms with Gasteiger partial charge in [-0.1, -0.05) is 35.0 Å². The summed E-state index contributed by atoms with van der Waals surface area (Å²) in [5, 5.41) is 7.54. The maximum absolute atomic E-state index is 12.4. The summed E-state index contributed by atoms with van der Waals surface area (Å²) in [6.45, 7) is 0.482. The van der Waals surface area contributed by atoms with Crippen LogP contribution in [-0.2, 0) is 22.6 Å². The summed E-state index contributed by atoms with van der Waals surface area (Å²) < 4.78 is 0. The second-order valence-electron chi connectivity index (χ2n) is 5.34. The number of carbonyl (C=O) groups excluding carboxylic acids is 1. The highest BCUT2D eigenvalue weighted by molar-refractivity contribution is 7.09. The average Bonchev–Trinajstić information content (AvgIpc) is 3.20. The smallest absolute Gasteiger partial charge is 0.267 e. The molecule has 0 saturated heterocycles. The number of hydrogen-bond donors (Lipinski definition) is 0. The van der Waals surface area contributed by atoms with Crippen molar-refractivity contribution in [3.05, 3.63) is 51.4 Å². The molecule has 0 spiro atoms. The molecule has 0 saturated carbocycles. The largest absolute Gasteiger partial charge is 0.382 e. The highest BCUT2D eigenvalue weighted by Crippen LogP contribution is 2.21. The zero-order valence-electron chi connectivity index (χ0n) is 12.6. The first-order valence-electron chi connectivity index (χ1n) is 7.22. The van der Waals surface area contributed by atoms with Crippen LogP contribution in [-0.4, -0.2) is 34.7 Å². The van der Waals surface area contributed by atoms with E-state index in [1.54, 1.807) is 18.1 Å². The number of oxime groups is 1. The molecule has 1 aliphatic heterocycles. The predicted octanol–water partition coefficient (Wildman–Crippen LogP) is 3.14. The number of nitrogens with zero attached hydrogens (tertiary/aromatic N) is 3. The Morgan fingerprint density at radius 1 is 1.48 bits per heavy atom. The lowest BCUT2D eigenvalue weighted by atomic mass is 10.0. The summed E-state index contributed by atoms with van der Waals surface area (Å²) in [6, 6.07) is 7.62. The molecule has 3 rings (SSSR count). The Morgan fingerprint density at radius 2 is 2.30 bits per heavy atom. The minimum Gasteiger partial charge on any atom is -0.382 e. The SMILES string of the molecule is CN(Cc1nccs1)C(=O)[C@H]1CC(Cc2ccccc2Cl)=NO1. The number of likely N-dealkylation sites (N-methyl/N-ethyl adjacent to an activating group) is 1. The van der Waals surface area contributed by atoms with Crippen molar-refractivity contribution in [1.82, 2.24) is 9.88 Å². The number of rotatable bonds is 5. The van der Waals surface area contributed by atoms with E-state index in [2.05, 4.69) is 10.1 Å². The molecule has 5 nitrogen and oxygen atoms in total. The van der Waals surface area contributed by atoms with Gasteiger partial charge in [0.15, 0.2) is 0 Å². The summed E-state index contributed by atoms with van der Waals surface area (Å²) in [5.41, 5.74) is 1.82. The molecular formula is C16H16ClN3O2S. The van der Waals surface area contributed by atoms with Gasteiger partial charge < -0.3 is 9.74 Å². The molecule has 0 aliphatic carbocycles. The first-order valence-corrected chi connectivity index (χ1v) is 8.47. The molecule has 2 heterocycles. The molecule has 1 atom stereocenters. The third-order valence-corrected chi connectivity index (χ3v) is 4.72. The van der Waals surface area contributed by atoms with Crippen molar-refractivity contribution in [2.75, 3.05) is 7.05 Å². The van der Waals surface area contributed by atoms with E-state index >= 15 is 0 Å². The summed E-state index contributed by atoms with van der Waals surface area (Å²) >= 11 is 7.68. The fraction of sp³-hybridized carbons (Fsp3) is 0.312.